The Morgan fingerprint density at radius 1 is 1.40 bits per heavy atom. The Morgan fingerprint density at radius 3 is 2.45 bits per heavy atom. The predicted molar refractivity (Wildman–Crippen MR) is 78.6 cm³/mol. The van der Waals surface area contributed by atoms with Crippen LogP contribution >= 0.6 is 24.2 Å². The molecule has 4 nitrogen and oxygen atoms in total. The molecule has 0 aliphatic heterocycles. The quantitative estimate of drug-likeness (QED) is 0.756. The molecule has 0 saturated heterocycles. The number of carbonyl (C=O) groups is 1. The molecule has 0 saturated carbocycles. The number of benzene rings is 1. The summed E-state index contributed by atoms with van der Waals surface area (Å²) < 4.78 is 29.2. The molecule has 0 radical (unpaired) electrons. The summed E-state index contributed by atoms with van der Waals surface area (Å²) in [6.07, 6.45) is -0.172. The molecule has 0 heterocycles. The van der Waals surface area contributed by atoms with Crippen LogP contribution in [0.4, 0.5) is 14.5 Å². The Balaban J connectivity index is 0.00000361. The van der Waals surface area contributed by atoms with Crippen molar-refractivity contribution in [3.05, 3.63) is 24.3 Å². The van der Waals surface area contributed by atoms with Gasteiger partial charge >= 0.3 is 0 Å². The SMILES string of the molecule is COC(CN)CC(=O)Nc1ccc(SC(F)F)cc1.Cl. The lowest BCUT2D eigenvalue weighted by molar-refractivity contribution is -0.118. The van der Waals surface area contributed by atoms with E-state index in [2.05, 4.69) is 5.32 Å². The molecule has 1 unspecified atom stereocenters. The van der Waals surface area contributed by atoms with Gasteiger partial charge in [0.1, 0.15) is 0 Å². The van der Waals surface area contributed by atoms with Gasteiger partial charge in [-0.1, -0.05) is 11.8 Å². The first-order chi connectivity index (χ1) is 9.05. The molecule has 0 spiro atoms. The average Bonchev–Trinajstić information content (AvgIpc) is 2.37. The maximum absolute atomic E-state index is 12.1. The summed E-state index contributed by atoms with van der Waals surface area (Å²) in [6, 6.07) is 6.21. The van der Waals surface area contributed by atoms with Gasteiger partial charge in [-0.25, -0.2) is 0 Å². The number of nitrogens with two attached hydrogens (primary N) is 1. The van der Waals surface area contributed by atoms with Gasteiger partial charge in [0.15, 0.2) is 0 Å². The minimum absolute atomic E-state index is 0. The van der Waals surface area contributed by atoms with Crippen molar-refractivity contribution in [2.75, 3.05) is 19.0 Å². The van der Waals surface area contributed by atoms with Gasteiger partial charge in [0.05, 0.1) is 12.5 Å². The Kier molecular flexibility index (Phi) is 9.49. The number of halogens is 3. The average molecular weight is 327 g/mol. The van der Waals surface area contributed by atoms with E-state index in [4.69, 9.17) is 10.5 Å². The number of amides is 1. The minimum atomic E-state index is -2.45. The molecule has 0 bridgehead atoms. The van der Waals surface area contributed by atoms with Gasteiger partial charge in [0, 0.05) is 24.2 Å². The van der Waals surface area contributed by atoms with Crippen LogP contribution in [-0.2, 0) is 9.53 Å². The second-order valence-electron chi connectivity index (χ2n) is 3.75. The number of alkyl halides is 2. The van der Waals surface area contributed by atoms with Crippen molar-refractivity contribution in [3.63, 3.8) is 0 Å². The van der Waals surface area contributed by atoms with E-state index < -0.39 is 5.76 Å². The zero-order valence-electron chi connectivity index (χ0n) is 10.8. The zero-order chi connectivity index (χ0) is 14.3. The van der Waals surface area contributed by atoms with Crippen LogP contribution in [0.5, 0.6) is 0 Å². The molecular weight excluding hydrogens is 310 g/mol. The summed E-state index contributed by atoms with van der Waals surface area (Å²) in [5, 5.41) is 2.65. The summed E-state index contributed by atoms with van der Waals surface area (Å²) in [5.41, 5.74) is 5.96. The fourth-order valence-corrected chi connectivity index (χ4v) is 1.90. The first-order valence-electron chi connectivity index (χ1n) is 5.62. The molecule has 1 aromatic rings. The number of rotatable bonds is 7. The molecule has 1 rings (SSSR count). The number of methoxy groups -OCH3 is 1. The third-order valence-electron chi connectivity index (χ3n) is 2.37. The zero-order valence-corrected chi connectivity index (χ0v) is 12.5. The second-order valence-corrected chi connectivity index (χ2v) is 4.81. The number of thioether (sulfide) groups is 1. The minimum Gasteiger partial charge on any atom is -0.380 e. The molecule has 1 aromatic carbocycles. The third-order valence-corrected chi connectivity index (χ3v) is 3.10. The molecule has 8 heteroatoms. The molecule has 20 heavy (non-hydrogen) atoms. The predicted octanol–water partition coefficient (Wildman–Crippen LogP) is 2.73. The molecule has 0 aliphatic carbocycles. The smallest absolute Gasteiger partial charge is 0.288 e. The second kappa shape index (κ2) is 9.93. The maximum Gasteiger partial charge on any atom is 0.288 e. The molecular formula is C12H17ClF2N2O2S. The van der Waals surface area contributed by atoms with Gasteiger partial charge in [-0.05, 0) is 24.3 Å². The van der Waals surface area contributed by atoms with Crippen molar-refractivity contribution < 1.29 is 18.3 Å². The molecule has 0 aliphatic rings. The van der Waals surface area contributed by atoms with Crippen LogP contribution < -0.4 is 11.1 Å². The van der Waals surface area contributed by atoms with Crippen molar-refractivity contribution in [2.45, 2.75) is 23.2 Å². The van der Waals surface area contributed by atoms with Gasteiger partial charge in [-0.2, -0.15) is 8.78 Å². The first-order valence-corrected chi connectivity index (χ1v) is 6.50. The monoisotopic (exact) mass is 326 g/mol. The molecule has 114 valence electrons. The molecule has 3 N–H and O–H groups in total. The summed E-state index contributed by atoms with van der Waals surface area (Å²) in [5.74, 6) is -2.68. The van der Waals surface area contributed by atoms with Crippen molar-refractivity contribution in [2.24, 2.45) is 5.73 Å². The van der Waals surface area contributed by atoms with E-state index in [0.717, 1.165) is 0 Å². The molecule has 1 atom stereocenters. The van der Waals surface area contributed by atoms with Crippen LogP contribution in [0.25, 0.3) is 0 Å². The number of nitrogens with one attached hydrogen (secondary N) is 1. The summed E-state index contributed by atoms with van der Waals surface area (Å²) in [6.45, 7) is 0.258. The van der Waals surface area contributed by atoms with E-state index in [-0.39, 0.29) is 37.4 Å². The maximum atomic E-state index is 12.1. The van der Waals surface area contributed by atoms with E-state index in [9.17, 15) is 13.6 Å². The number of hydrogen-bond donors (Lipinski definition) is 2. The van der Waals surface area contributed by atoms with Gasteiger partial charge < -0.3 is 15.8 Å². The van der Waals surface area contributed by atoms with Crippen LogP contribution in [0.1, 0.15) is 6.42 Å². The number of hydrogen-bond acceptors (Lipinski definition) is 4. The molecule has 1 amide bonds. The normalized spacial score (nSPS) is 11.8. The lowest BCUT2D eigenvalue weighted by atomic mass is 10.2. The van der Waals surface area contributed by atoms with Gasteiger partial charge in [-0.3, -0.25) is 4.79 Å². The van der Waals surface area contributed by atoms with E-state index >= 15 is 0 Å². The summed E-state index contributed by atoms with van der Waals surface area (Å²) in [7, 11) is 1.49. The van der Waals surface area contributed by atoms with Crippen molar-refractivity contribution in [1.29, 1.82) is 0 Å². The molecule has 0 aromatic heterocycles. The first kappa shape index (κ1) is 19.1. The summed E-state index contributed by atoms with van der Waals surface area (Å²) in [4.78, 5) is 12.1. The number of ether oxygens (including phenoxy) is 1. The van der Waals surface area contributed by atoms with E-state index in [1.807, 2.05) is 0 Å². The van der Waals surface area contributed by atoms with Crippen molar-refractivity contribution in [3.8, 4) is 0 Å². The Bertz CT molecular complexity index is 403. The fourth-order valence-electron chi connectivity index (χ4n) is 1.40. The van der Waals surface area contributed by atoms with Crippen molar-refractivity contribution in [1.82, 2.24) is 0 Å². The standard InChI is InChI=1S/C12H16F2N2O2S.ClH/c1-18-9(7-15)6-11(17)16-8-2-4-10(5-3-8)19-12(13)14;/h2-5,9,12H,6-7,15H2,1H3,(H,16,17);1H. The van der Waals surface area contributed by atoms with E-state index in [0.29, 0.717) is 22.3 Å². The van der Waals surface area contributed by atoms with Crippen molar-refractivity contribution >= 4 is 35.8 Å². The fraction of sp³-hybridized carbons (Fsp3) is 0.417. The van der Waals surface area contributed by atoms with E-state index in [1.165, 1.54) is 19.2 Å². The Morgan fingerprint density at radius 2 is 2.00 bits per heavy atom. The summed E-state index contributed by atoms with van der Waals surface area (Å²) >= 11 is 0.461. The van der Waals surface area contributed by atoms with Gasteiger partial charge in [0.25, 0.3) is 5.76 Å². The highest BCUT2D eigenvalue weighted by atomic mass is 35.5. The highest BCUT2D eigenvalue weighted by Gasteiger charge is 2.11. The number of carbonyl (C=O) groups excluding carboxylic acids is 1. The van der Waals surface area contributed by atoms with Crippen LogP contribution in [-0.4, -0.2) is 31.4 Å². The number of anilines is 1. The Labute approximate surface area is 126 Å². The van der Waals surface area contributed by atoms with Crippen LogP contribution in [0.2, 0.25) is 0 Å². The largest absolute Gasteiger partial charge is 0.380 e. The topological polar surface area (TPSA) is 64.3 Å². The van der Waals surface area contributed by atoms with Crippen LogP contribution in [0.15, 0.2) is 29.2 Å². The Hall–Kier alpha value is -0.890. The lowest BCUT2D eigenvalue weighted by Gasteiger charge is -2.12. The van der Waals surface area contributed by atoms with Crippen LogP contribution in [0, 0.1) is 0 Å². The van der Waals surface area contributed by atoms with Crippen LogP contribution in [0.3, 0.4) is 0 Å². The third kappa shape index (κ3) is 7.04. The van der Waals surface area contributed by atoms with Gasteiger partial charge in [0.2, 0.25) is 5.91 Å². The lowest BCUT2D eigenvalue weighted by Crippen LogP contribution is -2.28. The molecule has 0 fully saturated rings. The highest BCUT2D eigenvalue weighted by molar-refractivity contribution is 7.99. The van der Waals surface area contributed by atoms with Gasteiger partial charge in [-0.15, -0.1) is 12.4 Å². The van der Waals surface area contributed by atoms with E-state index in [1.54, 1.807) is 12.1 Å². The highest BCUT2D eigenvalue weighted by Crippen LogP contribution is 2.26.